The summed E-state index contributed by atoms with van der Waals surface area (Å²) in [5, 5.41) is 21.5. The lowest BCUT2D eigenvalue weighted by atomic mass is 9.90. The molecule has 0 aliphatic rings. The monoisotopic (exact) mass is 581 g/mol. The molecule has 0 saturated carbocycles. The Labute approximate surface area is 245 Å². The van der Waals surface area contributed by atoms with E-state index in [2.05, 4.69) is 49.0 Å². The second kappa shape index (κ2) is 16.1. The molecule has 0 spiro atoms. The highest BCUT2D eigenvalue weighted by molar-refractivity contribution is 6.13. The maximum atomic E-state index is 12.6. The molecular formula is C30H45Cl2N3O4. The lowest BCUT2D eigenvalue weighted by Gasteiger charge is -2.21. The average Bonchev–Trinajstić information content (AvgIpc) is 3.21. The summed E-state index contributed by atoms with van der Waals surface area (Å²) in [6.45, 7) is 17.3. The number of aryl methyl sites for hydroxylation is 2. The van der Waals surface area contributed by atoms with Crippen LogP contribution in [0.1, 0.15) is 79.3 Å². The second-order valence-electron chi connectivity index (χ2n) is 9.62. The van der Waals surface area contributed by atoms with Gasteiger partial charge in [-0.2, -0.15) is 0 Å². The maximum absolute atomic E-state index is 12.6. The molecule has 0 saturated heterocycles. The summed E-state index contributed by atoms with van der Waals surface area (Å²) in [6, 6.07) is 6.98. The summed E-state index contributed by atoms with van der Waals surface area (Å²) in [7, 11) is 0. The van der Waals surface area contributed by atoms with Crippen LogP contribution in [0.4, 0.5) is 0 Å². The summed E-state index contributed by atoms with van der Waals surface area (Å²) in [5.41, 5.74) is 4.61. The van der Waals surface area contributed by atoms with Crippen molar-refractivity contribution in [2.45, 2.75) is 66.8 Å². The highest BCUT2D eigenvalue weighted by Gasteiger charge is 2.23. The molecule has 0 aliphatic heterocycles. The minimum atomic E-state index is -0.981. The van der Waals surface area contributed by atoms with Crippen LogP contribution in [0, 0.1) is 0 Å². The third-order valence-electron chi connectivity index (χ3n) is 7.75. The molecule has 3 rings (SSSR count). The van der Waals surface area contributed by atoms with Gasteiger partial charge in [-0.25, -0.2) is 9.59 Å². The zero-order valence-corrected chi connectivity index (χ0v) is 25.6. The summed E-state index contributed by atoms with van der Waals surface area (Å²) in [5.74, 6) is -1.90. The van der Waals surface area contributed by atoms with Crippen LogP contribution in [0.15, 0.2) is 24.3 Å². The summed E-state index contributed by atoms with van der Waals surface area (Å²) in [6.07, 6.45) is 3.33. The third-order valence-corrected chi connectivity index (χ3v) is 7.75. The largest absolute Gasteiger partial charge is 0.478 e. The molecule has 0 unspecified atom stereocenters. The SMILES string of the molecule is CCN(CC)CCCc1c(C(=O)O)cc2c3cc(C(=O)O)ccc3n(CC)c2c1CCCN(CC)CC.Cl.Cl. The van der Waals surface area contributed by atoms with E-state index in [0.717, 1.165) is 98.0 Å². The van der Waals surface area contributed by atoms with Crippen LogP contribution in [-0.2, 0) is 19.4 Å². The topological polar surface area (TPSA) is 86.0 Å². The van der Waals surface area contributed by atoms with E-state index in [1.54, 1.807) is 18.2 Å². The lowest BCUT2D eigenvalue weighted by molar-refractivity contribution is 0.0685. The first-order valence-electron chi connectivity index (χ1n) is 13.8. The Hall–Kier alpha value is -2.32. The van der Waals surface area contributed by atoms with Crippen molar-refractivity contribution < 1.29 is 19.8 Å². The Morgan fingerprint density at radius 3 is 1.74 bits per heavy atom. The van der Waals surface area contributed by atoms with Crippen LogP contribution in [0.2, 0.25) is 0 Å². The first kappa shape index (κ1) is 34.7. The number of aromatic carboxylic acids is 2. The van der Waals surface area contributed by atoms with E-state index in [1.807, 2.05) is 6.07 Å². The fourth-order valence-electron chi connectivity index (χ4n) is 5.63. The number of aromatic nitrogens is 1. The average molecular weight is 583 g/mol. The second-order valence-corrected chi connectivity index (χ2v) is 9.62. The van der Waals surface area contributed by atoms with Crippen LogP contribution in [-0.4, -0.2) is 75.8 Å². The normalized spacial score (nSPS) is 11.3. The molecule has 1 heterocycles. The summed E-state index contributed by atoms with van der Waals surface area (Å²) < 4.78 is 2.24. The fraction of sp³-hybridized carbons (Fsp3) is 0.533. The quantitative estimate of drug-likeness (QED) is 0.210. The van der Waals surface area contributed by atoms with Crippen molar-refractivity contribution in [1.82, 2.24) is 14.4 Å². The highest BCUT2D eigenvalue weighted by atomic mass is 35.5. The summed E-state index contributed by atoms with van der Waals surface area (Å²) in [4.78, 5) is 29.1. The number of benzene rings is 2. The van der Waals surface area contributed by atoms with Gasteiger partial charge in [0, 0.05) is 22.8 Å². The van der Waals surface area contributed by atoms with Gasteiger partial charge in [-0.15, -0.1) is 24.8 Å². The standard InChI is InChI=1S/C30H43N3O4.2ClH/c1-6-31(7-2)17-11-13-22-23(14-12-18-32(8-3)9-4)28-25(20-26(22)30(36)37)24-19-21(29(34)35)15-16-27(24)33(28)10-5;;/h15-16,19-20H,6-14,17-18H2,1-5H3,(H,34,35)(H,36,37);2*1H. The number of hydrogen-bond donors (Lipinski definition) is 2. The summed E-state index contributed by atoms with van der Waals surface area (Å²) >= 11 is 0. The molecule has 2 aromatic carbocycles. The van der Waals surface area contributed by atoms with Crippen LogP contribution >= 0.6 is 24.8 Å². The molecule has 0 fully saturated rings. The number of hydrogen-bond acceptors (Lipinski definition) is 4. The van der Waals surface area contributed by atoms with Gasteiger partial charge in [-0.3, -0.25) is 0 Å². The molecule has 218 valence electrons. The molecule has 1 aromatic heterocycles. The van der Waals surface area contributed by atoms with Gasteiger partial charge in [0.1, 0.15) is 0 Å². The fourth-order valence-corrected chi connectivity index (χ4v) is 5.63. The number of carbonyl (C=O) groups is 2. The van der Waals surface area contributed by atoms with Crippen LogP contribution < -0.4 is 0 Å². The molecule has 0 bridgehead atoms. The van der Waals surface area contributed by atoms with E-state index in [1.165, 1.54) is 0 Å². The zero-order valence-electron chi connectivity index (χ0n) is 24.0. The smallest absolute Gasteiger partial charge is 0.335 e. The Balaban J connectivity index is 0.00000380. The molecule has 7 nitrogen and oxygen atoms in total. The first-order valence-corrected chi connectivity index (χ1v) is 13.8. The molecule has 3 aromatic rings. The molecular weight excluding hydrogens is 537 g/mol. The zero-order chi connectivity index (χ0) is 27.1. The van der Waals surface area contributed by atoms with Gasteiger partial charge in [0.15, 0.2) is 0 Å². The van der Waals surface area contributed by atoms with E-state index >= 15 is 0 Å². The van der Waals surface area contributed by atoms with Gasteiger partial charge in [0.25, 0.3) is 0 Å². The number of carboxylic acid groups (broad SMARTS) is 2. The molecule has 0 aliphatic carbocycles. The number of carboxylic acids is 2. The number of rotatable bonds is 15. The van der Waals surface area contributed by atoms with E-state index in [0.29, 0.717) is 12.0 Å². The van der Waals surface area contributed by atoms with Crippen molar-refractivity contribution in [2.24, 2.45) is 0 Å². The predicted octanol–water partition coefficient (Wildman–Crippen LogP) is 6.60. The molecule has 2 N–H and O–H groups in total. The maximum Gasteiger partial charge on any atom is 0.335 e. The Morgan fingerprint density at radius 1 is 0.744 bits per heavy atom. The molecule has 0 amide bonds. The van der Waals surface area contributed by atoms with Crippen molar-refractivity contribution in [3.05, 3.63) is 46.5 Å². The van der Waals surface area contributed by atoms with Crippen molar-refractivity contribution in [1.29, 1.82) is 0 Å². The molecule has 0 radical (unpaired) electrons. The highest BCUT2D eigenvalue weighted by Crippen LogP contribution is 2.37. The minimum absolute atomic E-state index is 0. The van der Waals surface area contributed by atoms with Crippen molar-refractivity contribution >= 4 is 58.6 Å². The van der Waals surface area contributed by atoms with E-state index in [9.17, 15) is 19.8 Å². The van der Waals surface area contributed by atoms with Gasteiger partial charge in [0.05, 0.1) is 16.6 Å². The third kappa shape index (κ3) is 7.66. The van der Waals surface area contributed by atoms with Gasteiger partial charge in [-0.05, 0) is 107 Å². The molecule has 0 atom stereocenters. The molecule has 9 heteroatoms. The Bertz CT molecular complexity index is 1250. The van der Waals surface area contributed by atoms with Gasteiger partial charge < -0.3 is 24.6 Å². The molecule has 39 heavy (non-hydrogen) atoms. The number of nitrogens with zero attached hydrogens (tertiary/aromatic N) is 3. The number of halogens is 2. The van der Waals surface area contributed by atoms with Gasteiger partial charge in [0.2, 0.25) is 0 Å². The van der Waals surface area contributed by atoms with E-state index < -0.39 is 11.9 Å². The first-order chi connectivity index (χ1) is 17.8. The van der Waals surface area contributed by atoms with Crippen molar-refractivity contribution in [3.8, 4) is 0 Å². The predicted molar refractivity (Wildman–Crippen MR) is 166 cm³/mol. The Kier molecular flexibility index (Phi) is 14.3. The van der Waals surface area contributed by atoms with E-state index in [4.69, 9.17) is 0 Å². The van der Waals surface area contributed by atoms with Gasteiger partial charge in [-0.1, -0.05) is 27.7 Å². The van der Waals surface area contributed by atoms with Crippen molar-refractivity contribution in [2.75, 3.05) is 39.3 Å². The van der Waals surface area contributed by atoms with Gasteiger partial charge >= 0.3 is 11.9 Å². The van der Waals surface area contributed by atoms with Crippen molar-refractivity contribution in [3.63, 3.8) is 0 Å². The number of fused-ring (bicyclic) bond motifs is 3. The van der Waals surface area contributed by atoms with Crippen LogP contribution in [0.3, 0.4) is 0 Å². The lowest BCUT2D eigenvalue weighted by Crippen LogP contribution is -2.25. The Morgan fingerprint density at radius 2 is 1.28 bits per heavy atom. The van der Waals surface area contributed by atoms with Crippen LogP contribution in [0.25, 0.3) is 21.8 Å². The van der Waals surface area contributed by atoms with Crippen LogP contribution in [0.5, 0.6) is 0 Å². The van der Waals surface area contributed by atoms with E-state index in [-0.39, 0.29) is 30.4 Å². The minimum Gasteiger partial charge on any atom is -0.478 e.